The van der Waals surface area contributed by atoms with Gasteiger partial charge in [-0.2, -0.15) is 0 Å². The highest BCUT2D eigenvalue weighted by molar-refractivity contribution is 5.81. The van der Waals surface area contributed by atoms with E-state index in [9.17, 15) is 5.11 Å². The minimum atomic E-state index is -0.507. The summed E-state index contributed by atoms with van der Waals surface area (Å²) in [6.45, 7) is 9.29. The number of fused-ring (bicyclic) bond motifs is 2. The number of aliphatic hydroxyl groups excluding tert-OH is 2. The second-order valence-electron chi connectivity index (χ2n) is 12.4. The van der Waals surface area contributed by atoms with E-state index in [0.717, 1.165) is 69.0 Å². The summed E-state index contributed by atoms with van der Waals surface area (Å²) in [5, 5.41) is 17.6. The van der Waals surface area contributed by atoms with Gasteiger partial charge in [0.2, 0.25) is 0 Å². The van der Waals surface area contributed by atoms with E-state index in [1.54, 1.807) is 6.33 Å². The lowest BCUT2D eigenvalue weighted by Crippen LogP contribution is -2.51. The number of ether oxygens (including phenoxy) is 1. The van der Waals surface area contributed by atoms with Gasteiger partial charge in [-0.05, 0) is 68.1 Å². The Balaban J connectivity index is 0.00000165. The number of benzene rings is 1. The first-order valence-electron chi connectivity index (χ1n) is 14.6. The number of hydrogen-bond donors (Lipinski definition) is 4. The second kappa shape index (κ2) is 12.0. The molecule has 3 unspecified atom stereocenters. The monoisotopic (exact) mass is 564 g/mol. The number of nitrogen functional groups attached to an aromatic ring is 1. The van der Waals surface area contributed by atoms with Crippen LogP contribution in [0.3, 0.4) is 0 Å². The molecule has 1 aromatic carbocycles. The van der Waals surface area contributed by atoms with Gasteiger partial charge in [-0.15, -0.1) is 0 Å². The van der Waals surface area contributed by atoms with Crippen molar-refractivity contribution in [2.75, 3.05) is 19.4 Å². The number of nitrogens with one attached hydrogen (secondary N) is 1. The first-order valence-corrected chi connectivity index (χ1v) is 14.6. The fourth-order valence-electron chi connectivity index (χ4n) is 6.14. The van der Waals surface area contributed by atoms with Crippen molar-refractivity contribution in [3.05, 3.63) is 42.2 Å². The fraction of sp³-hybridized carbons (Fsp3) is 0.600. The average molecular weight is 565 g/mol. The minimum Gasteiger partial charge on any atom is -0.400 e. The van der Waals surface area contributed by atoms with Crippen LogP contribution < -0.4 is 5.73 Å². The number of rotatable bonds is 8. The predicted octanol–water partition coefficient (Wildman–Crippen LogP) is 3.92. The molecule has 2 aliphatic rings. The molecule has 0 radical (unpaired) electrons. The second-order valence-corrected chi connectivity index (χ2v) is 12.4. The molecule has 1 saturated carbocycles. The van der Waals surface area contributed by atoms with E-state index < -0.39 is 6.23 Å². The molecule has 3 atom stereocenters. The SMILES string of the molecule is CC(O)N(CC1CCC(n2cnc3c(N)ncnc32)O1)C1CC(CCc2nc3ccc(C(C)(C)C)cc3[nH]2)C1.CO. The van der Waals surface area contributed by atoms with Gasteiger partial charge in [0, 0.05) is 26.1 Å². The van der Waals surface area contributed by atoms with Crippen molar-refractivity contribution < 1.29 is 14.9 Å². The lowest BCUT2D eigenvalue weighted by atomic mass is 9.76. The van der Waals surface area contributed by atoms with Gasteiger partial charge in [-0.25, -0.2) is 19.9 Å². The molecule has 222 valence electrons. The first-order chi connectivity index (χ1) is 19.7. The van der Waals surface area contributed by atoms with E-state index in [-0.39, 0.29) is 17.7 Å². The number of aliphatic hydroxyl groups is 2. The summed E-state index contributed by atoms with van der Waals surface area (Å²) in [4.78, 5) is 23.3. The van der Waals surface area contributed by atoms with E-state index in [4.69, 9.17) is 20.6 Å². The summed E-state index contributed by atoms with van der Waals surface area (Å²) in [6, 6.07) is 6.93. The lowest BCUT2D eigenvalue weighted by Gasteiger charge is -2.45. The fourth-order valence-corrected chi connectivity index (χ4v) is 6.14. The number of hydrogen-bond acceptors (Lipinski definition) is 9. The van der Waals surface area contributed by atoms with Crippen molar-refractivity contribution >= 4 is 28.0 Å². The summed E-state index contributed by atoms with van der Waals surface area (Å²) in [5.41, 5.74) is 10.9. The molecule has 41 heavy (non-hydrogen) atoms. The largest absolute Gasteiger partial charge is 0.400 e. The maximum absolute atomic E-state index is 10.6. The molecule has 5 N–H and O–H groups in total. The van der Waals surface area contributed by atoms with Crippen molar-refractivity contribution in [3.8, 4) is 0 Å². The Morgan fingerprint density at radius 2 is 1.95 bits per heavy atom. The smallest absolute Gasteiger partial charge is 0.167 e. The van der Waals surface area contributed by atoms with Gasteiger partial charge in [0.25, 0.3) is 0 Å². The van der Waals surface area contributed by atoms with Crippen molar-refractivity contribution in [1.82, 2.24) is 34.4 Å². The van der Waals surface area contributed by atoms with E-state index in [1.165, 1.54) is 11.9 Å². The quantitative estimate of drug-likeness (QED) is 0.233. The van der Waals surface area contributed by atoms with Crippen molar-refractivity contribution in [1.29, 1.82) is 0 Å². The molecule has 2 fully saturated rings. The number of nitrogens with two attached hydrogens (primary N) is 1. The Morgan fingerprint density at radius 3 is 2.68 bits per heavy atom. The number of imidazole rings is 2. The van der Waals surface area contributed by atoms with E-state index >= 15 is 0 Å². The normalized spacial score (nSPS) is 23.5. The first kappa shape index (κ1) is 29.4. The van der Waals surface area contributed by atoms with Crippen LogP contribution in [0, 0.1) is 5.92 Å². The van der Waals surface area contributed by atoms with Gasteiger partial charge in [-0.3, -0.25) is 9.47 Å². The molecule has 4 aromatic rings. The molecular formula is C30H44N8O3. The Labute approximate surface area is 241 Å². The van der Waals surface area contributed by atoms with Crippen LogP contribution in [0.2, 0.25) is 0 Å². The number of aromatic amines is 1. The van der Waals surface area contributed by atoms with Gasteiger partial charge in [0.1, 0.15) is 30.1 Å². The molecule has 0 amide bonds. The molecule has 6 rings (SSSR count). The van der Waals surface area contributed by atoms with Crippen LogP contribution in [0.5, 0.6) is 0 Å². The number of aromatic nitrogens is 6. The van der Waals surface area contributed by atoms with Gasteiger partial charge in [0.15, 0.2) is 11.5 Å². The maximum atomic E-state index is 10.6. The Bertz CT molecular complexity index is 1450. The standard InChI is InChI=1S/C29H40N8O2.CH4O/c1-17(38)36(14-21-7-10-25(39-21)37-16-33-26-27(30)31-15-32-28(26)37)20-11-18(12-20)5-9-24-34-22-8-6-19(29(2,3)4)13-23(22)35-24;1-2/h6,8,13,15-18,20-21,25,38H,5,7,9-12,14H2,1-4H3,(H,34,35)(H2,30,31,32);2H,1H3. The van der Waals surface area contributed by atoms with Crippen LogP contribution in [-0.2, 0) is 16.6 Å². The minimum absolute atomic E-state index is 0.0498. The van der Waals surface area contributed by atoms with Crippen LogP contribution in [0.4, 0.5) is 5.82 Å². The van der Waals surface area contributed by atoms with Crippen LogP contribution in [0.15, 0.2) is 30.9 Å². The van der Waals surface area contributed by atoms with E-state index in [0.29, 0.717) is 28.9 Å². The maximum Gasteiger partial charge on any atom is 0.167 e. The number of nitrogens with zero attached hydrogens (tertiary/aromatic N) is 6. The van der Waals surface area contributed by atoms with Crippen molar-refractivity contribution in [2.24, 2.45) is 5.92 Å². The summed E-state index contributed by atoms with van der Waals surface area (Å²) < 4.78 is 8.35. The van der Waals surface area contributed by atoms with E-state index in [2.05, 4.69) is 63.8 Å². The molecule has 1 saturated heterocycles. The zero-order valence-corrected chi connectivity index (χ0v) is 24.8. The van der Waals surface area contributed by atoms with Gasteiger partial charge < -0.3 is 25.7 Å². The van der Waals surface area contributed by atoms with Gasteiger partial charge >= 0.3 is 0 Å². The van der Waals surface area contributed by atoms with Crippen molar-refractivity contribution in [3.63, 3.8) is 0 Å². The van der Waals surface area contributed by atoms with Crippen molar-refractivity contribution in [2.45, 2.75) is 96.2 Å². The molecular weight excluding hydrogens is 520 g/mol. The number of anilines is 1. The zero-order chi connectivity index (χ0) is 29.3. The third-order valence-corrected chi connectivity index (χ3v) is 8.54. The highest BCUT2D eigenvalue weighted by Gasteiger charge is 2.38. The van der Waals surface area contributed by atoms with Crippen LogP contribution in [-0.4, -0.2) is 76.6 Å². The summed E-state index contributed by atoms with van der Waals surface area (Å²) in [5.74, 6) is 2.09. The molecule has 1 aliphatic carbocycles. The third-order valence-electron chi connectivity index (χ3n) is 8.54. The van der Waals surface area contributed by atoms with Crippen LogP contribution in [0.25, 0.3) is 22.2 Å². The molecule has 0 spiro atoms. The molecule has 1 aliphatic heterocycles. The van der Waals surface area contributed by atoms with Crippen LogP contribution in [0.1, 0.15) is 77.4 Å². The highest BCUT2D eigenvalue weighted by Crippen LogP contribution is 2.38. The summed E-state index contributed by atoms with van der Waals surface area (Å²) >= 11 is 0. The third kappa shape index (κ3) is 6.23. The lowest BCUT2D eigenvalue weighted by molar-refractivity contribution is -0.0882. The predicted molar refractivity (Wildman–Crippen MR) is 159 cm³/mol. The molecule has 11 nitrogen and oxygen atoms in total. The number of aryl methyl sites for hydroxylation is 1. The molecule has 4 heterocycles. The zero-order valence-electron chi connectivity index (χ0n) is 24.8. The Morgan fingerprint density at radius 1 is 1.17 bits per heavy atom. The van der Waals surface area contributed by atoms with Gasteiger partial charge in [0.05, 0.1) is 23.5 Å². The van der Waals surface area contributed by atoms with Crippen LogP contribution >= 0.6 is 0 Å². The highest BCUT2D eigenvalue weighted by atomic mass is 16.5. The molecule has 11 heteroatoms. The summed E-state index contributed by atoms with van der Waals surface area (Å²) in [7, 11) is 1.00. The number of H-pyrrole nitrogens is 1. The van der Waals surface area contributed by atoms with Gasteiger partial charge in [-0.1, -0.05) is 26.8 Å². The topological polar surface area (TPSA) is 151 Å². The average Bonchev–Trinajstić information content (AvgIpc) is 3.65. The summed E-state index contributed by atoms with van der Waals surface area (Å²) in [6.07, 6.45) is 8.64. The Kier molecular flexibility index (Phi) is 8.60. The van der Waals surface area contributed by atoms with E-state index in [1.807, 2.05) is 11.5 Å². The Hall–Kier alpha value is -3.12. The molecule has 3 aromatic heterocycles. The molecule has 0 bridgehead atoms.